The zero-order chi connectivity index (χ0) is 20.9. The summed E-state index contributed by atoms with van der Waals surface area (Å²) in [5.41, 5.74) is 4.09. The molecule has 3 heterocycles. The van der Waals surface area contributed by atoms with Crippen molar-refractivity contribution in [2.75, 3.05) is 0 Å². The number of rotatable bonds is 3. The summed E-state index contributed by atoms with van der Waals surface area (Å²) in [4.78, 5) is 4.12. The van der Waals surface area contributed by atoms with E-state index in [1.165, 1.54) is 10.6 Å². The van der Waals surface area contributed by atoms with E-state index in [4.69, 9.17) is 11.6 Å². The standard InChI is InChI=1S/C23H15ClF3N3/c24-21-19(9-11-30-18(13-23(25,26)27)14-28-22(21)30)15-6-7-20-16(12-15)8-10-29(20)17-4-2-1-3-5-17/h1-12,14H,13H2. The summed E-state index contributed by atoms with van der Waals surface area (Å²) in [6.07, 6.45) is -0.543. The number of pyridine rings is 1. The maximum absolute atomic E-state index is 12.8. The summed E-state index contributed by atoms with van der Waals surface area (Å²) >= 11 is 6.54. The Morgan fingerprint density at radius 3 is 2.50 bits per heavy atom. The van der Waals surface area contributed by atoms with Crippen molar-refractivity contribution in [3.63, 3.8) is 0 Å². The second-order valence-corrected chi connectivity index (χ2v) is 7.45. The van der Waals surface area contributed by atoms with Crippen LogP contribution in [0, 0.1) is 0 Å². The summed E-state index contributed by atoms with van der Waals surface area (Å²) in [5, 5.41) is 1.36. The van der Waals surface area contributed by atoms with E-state index in [-0.39, 0.29) is 5.69 Å². The van der Waals surface area contributed by atoms with Crippen molar-refractivity contribution in [1.29, 1.82) is 0 Å². The molecule has 5 rings (SSSR count). The molecule has 2 aromatic carbocycles. The molecule has 0 fully saturated rings. The van der Waals surface area contributed by atoms with E-state index in [1.54, 1.807) is 12.3 Å². The zero-order valence-electron chi connectivity index (χ0n) is 15.6. The predicted octanol–water partition coefficient (Wildman–Crippen LogP) is 6.70. The molecule has 0 saturated heterocycles. The highest BCUT2D eigenvalue weighted by molar-refractivity contribution is 6.36. The molecule has 3 nitrogen and oxygen atoms in total. The first-order valence-electron chi connectivity index (χ1n) is 9.29. The Morgan fingerprint density at radius 1 is 0.933 bits per heavy atom. The van der Waals surface area contributed by atoms with Crippen LogP contribution < -0.4 is 0 Å². The van der Waals surface area contributed by atoms with Gasteiger partial charge >= 0.3 is 6.18 Å². The molecule has 0 amide bonds. The summed E-state index contributed by atoms with van der Waals surface area (Å²) < 4.78 is 41.9. The topological polar surface area (TPSA) is 22.2 Å². The average Bonchev–Trinajstić information content (AvgIpc) is 3.32. The highest BCUT2D eigenvalue weighted by Crippen LogP contribution is 2.34. The van der Waals surface area contributed by atoms with Crippen LogP contribution in [0.3, 0.4) is 0 Å². The van der Waals surface area contributed by atoms with Crippen LogP contribution in [0.5, 0.6) is 0 Å². The summed E-state index contributed by atoms with van der Waals surface area (Å²) in [6.45, 7) is 0. The monoisotopic (exact) mass is 425 g/mol. The fourth-order valence-electron chi connectivity index (χ4n) is 3.75. The minimum Gasteiger partial charge on any atom is -0.317 e. The molecule has 7 heteroatoms. The molecule has 0 aliphatic heterocycles. The van der Waals surface area contributed by atoms with Crippen LogP contribution in [0.1, 0.15) is 5.69 Å². The number of hydrogen-bond acceptors (Lipinski definition) is 1. The van der Waals surface area contributed by atoms with Crippen molar-refractivity contribution in [3.05, 3.63) is 90.0 Å². The van der Waals surface area contributed by atoms with Gasteiger partial charge in [-0.25, -0.2) is 4.98 Å². The molecule has 0 aliphatic rings. The van der Waals surface area contributed by atoms with Gasteiger partial charge in [-0.05, 0) is 42.0 Å². The Hall–Kier alpha value is -3.25. The molecule has 150 valence electrons. The highest BCUT2D eigenvalue weighted by Gasteiger charge is 2.29. The Labute approximate surface area is 175 Å². The number of halogens is 4. The van der Waals surface area contributed by atoms with Crippen LogP contribution in [0.25, 0.3) is 33.4 Å². The Kier molecular flexibility index (Phi) is 4.33. The van der Waals surface area contributed by atoms with E-state index in [2.05, 4.69) is 9.55 Å². The first-order valence-corrected chi connectivity index (χ1v) is 9.67. The molecule has 0 N–H and O–H groups in total. The van der Waals surface area contributed by atoms with Crippen LogP contribution in [-0.2, 0) is 6.42 Å². The number of imidazole rings is 1. The van der Waals surface area contributed by atoms with Gasteiger partial charge in [0.25, 0.3) is 0 Å². The fraction of sp³-hybridized carbons (Fsp3) is 0.0870. The second kappa shape index (κ2) is 6.92. The molecule has 0 aliphatic carbocycles. The van der Waals surface area contributed by atoms with Crippen LogP contribution in [0.4, 0.5) is 13.2 Å². The molecular formula is C23H15ClF3N3. The van der Waals surface area contributed by atoms with Crippen molar-refractivity contribution < 1.29 is 13.2 Å². The minimum absolute atomic E-state index is 0.0568. The lowest BCUT2D eigenvalue weighted by Gasteiger charge is -2.10. The molecule has 0 bridgehead atoms. The van der Waals surface area contributed by atoms with Gasteiger partial charge in [-0.15, -0.1) is 0 Å². The fourth-order valence-corrected chi connectivity index (χ4v) is 4.06. The lowest BCUT2D eigenvalue weighted by Crippen LogP contribution is -2.13. The Balaban J connectivity index is 1.58. The minimum atomic E-state index is -4.31. The number of aromatic nitrogens is 3. The molecule has 0 saturated carbocycles. The first-order chi connectivity index (χ1) is 14.4. The van der Waals surface area contributed by atoms with Crippen molar-refractivity contribution in [1.82, 2.24) is 14.0 Å². The quantitative estimate of drug-likeness (QED) is 0.315. The number of alkyl halides is 3. The third-order valence-corrected chi connectivity index (χ3v) is 5.49. The van der Waals surface area contributed by atoms with Crippen LogP contribution >= 0.6 is 11.6 Å². The van der Waals surface area contributed by atoms with Crippen LogP contribution in [0.15, 0.2) is 79.3 Å². The summed E-state index contributed by atoms with van der Waals surface area (Å²) in [5.74, 6) is 0. The van der Waals surface area contributed by atoms with Gasteiger partial charge in [-0.2, -0.15) is 13.2 Å². The zero-order valence-corrected chi connectivity index (χ0v) is 16.3. The van der Waals surface area contributed by atoms with E-state index >= 15 is 0 Å². The van der Waals surface area contributed by atoms with E-state index in [0.717, 1.165) is 27.7 Å². The smallest absolute Gasteiger partial charge is 0.317 e. The average molecular weight is 426 g/mol. The van der Waals surface area contributed by atoms with Crippen LogP contribution in [0.2, 0.25) is 5.02 Å². The molecule has 0 spiro atoms. The first kappa shape index (κ1) is 18.8. The summed E-state index contributed by atoms with van der Waals surface area (Å²) in [7, 11) is 0. The second-order valence-electron chi connectivity index (χ2n) is 7.07. The number of para-hydroxylation sites is 1. The molecular weight excluding hydrogens is 411 g/mol. The Morgan fingerprint density at radius 2 is 1.73 bits per heavy atom. The third-order valence-electron chi connectivity index (χ3n) is 5.11. The van der Waals surface area contributed by atoms with Gasteiger partial charge in [0.15, 0.2) is 5.65 Å². The van der Waals surface area contributed by atoms with Crippen molar-refractivity contribution in [3.8, 4) is 16.8 Å². The lowest BCUT2D eigenvalue weighted by atomic mass is 10.0. The molecule has 0 radical (unpaired) electrons. The molecule has 3 aromatic heterocycles. The van der Waals surface area contributed by atoms with Gasteiger partial charge in [0, 0.05) is 35.2 Å². The largest absolute Gasteiger partial charge is 0.394 e. The highest BCUT2D eigenvalue weighted by atomic mass is 35.5. The van der Waals surface area contributed by atoms with Gasteiger partial charge in [0.2, 0.25) is 0 Å². The third kappa shape index (κ3) is 3.23. The van der Waals surface area contributed by atoms with Gasteiger partial charge < -0.3 is 8.97 Å². The maximum atomic E-state index is 12.8. The van der Waals surface area contributed by atoms with Gasteiger partial charge in [-0.3, -0.25) is 0 Å². The number of nitrogens with zero attached hydrogens (tertiary/aromatic N) is 3. The van der Waals surface area contributed by atoms with E-state index in [9.17, 15) is 13.2 Å². The van der Waals surface area contributed by atoms with E-state index in [1.807, 2.05) is 60.8 Å². The Bertz CT molecular complexity index is 1370. The van der Waals surface area contributed by atoms with Crippen molar-refractivity contribution in [2.45, 2.75) is 12.6 Å². The SMILES string of the molecule is FC(F)(F)Cc1cnc2c(Cl)c(-c3ccc4c(ccn4-c4ccccc4)c3)ccn12. The normalized spacial score (nSPS) is 12.1. The molecule has 5 aromatic rings. The van der Waals surface area contributed by atoms with Crippen LogP contribution in [-0.4, -0.2) is 20.1 Å². The van der Waals surface area contributed by atoms with Gasteiger partial charge in [0.1, 0.15) is 0 Å². The summed E-state index contributed by atoms with van der Waals surface area (Å²) in [6, 6.07) is 19.8. The molecule has 0 unspecified atom stereocenters. The molecule has 30 heavy (non-hydrogen) atoms. The number of hydrogen-bond donors (Lipinski definition) is 0. The maximum Gasteiger partial charge on any atom is 0.394 e. The van der Waals surface area contributed by atoms with E-state index in [0.29, 0.717) is 10.7 Å². The number of benzene rings is 2. The van der Waals surface area contributed by atoms with Gasteiger partial charge in [0.05, 0.1) is 22.7 Å². The molecule has 0 atom stereocenters. The van der Waals surface area contributed by atoms with E-state index < -0.39 is 12.6 Å². The lowest BCUT2D eigenvalue weighted by molar-refractivity contribution is -0.127. The van der Waals surface area contributed by atoms with Crippen molar-refractivity contribution in [2.24, 2.45) is 0 Å². The predicted molar refractivity (Wildman–Crippen MR) is 112 cm³/mol. The van der Waals surface area contributed by atoms with Crippen molar-refractivity contribution >= 4 is 28.2 Å². The van der Waals surface area contributed by atoms with Gasteiger partial charge in [-0.1, -0.05) is 35.9 Å². The number of fused-ring (bicyclic) bond motifs is 2.